The fourth-order valence-corrected chi connectivity index (χ4v) is 2.30. The molecule has 0 radical (unpaired) electrons. The number of hydrogen-bond donors (Lipinski definition) is 1. The van der Waals surface area contributed by atoms with Gasteiger partial charge in [-0.1, -0.05) is 35.0 Å². The van der Waals surface area contributed by atoms with Crippen molar-refractivity contribution in [3.63, 3.8) is 0 Å². The molecule has 0 spiro atoms. The zero-order valence-electron chi connectivity index (χ0n) is 13.6. The van der Waals surface area contributed by atoms with Crippen LogP contribution in [-0.2, 0) is 6.42 Å². The first-order chi connectivity index (χ1) is 12.1. The van der Waals surface area contributed by atoms with Gasteiger partial charge < -0.3 is 14.7 Å². The smallest absolute Gasteiger partial charge is 0.321 e. The van der Waals surface area contributed by atoms with Gasteiger partial charge in [0.15, 0.2) is 5.82 Å². The Labute approximate surface area is 150 Å². The van der Waals surface area contributed by atoms with Crippen LogP contribution in [0.5, 0.6) is 0 Å². The number of rotatable bonds is 5. The van der Waals surface area contributed by atoms with Crippen LogP contribution in [0.15, 0.2) is 59.1 Å². The van der Waals surface area contributed by atoms with Gasteiger partial charge in [-0.2, -0.15) is 4.98 Å². The van der Waals surface area contributed by atoms with Gasteiger partial charge in [0.05, 0.1) is 0 Å². The highest BCUT2D eigenvalue weighted by Crippen LogP contribution is 2.16. The minimum atomic E-state index is -0.214. The molecule has 0 fully saturated rings. The summed E-state index contributed by atoms with van der Waals surface area (Å²) in [6.45, 7) is 0.465. The molecule has 0 aliphatic heterocycles. The third-order valence-corrected chi connectivity index (χ3v) is 3.85. The number of nitrogens with zero attached hydrogens (tertiary/aromatic N) is 3. The van der Waals surface area contributed by atoms with E-state index < -0.39 is 0 Å². The first kappa shape index (κ1) is 17.0. The van der Waals surface area contributed by atoms with Gasteiger partial charge in [-0.3, -0.25) is 0 Å². The lowest BCUT2D eigenvalue weighted by Crippen LogP contribution is -2.33. The van der Waals surface area contributed by atoms with Crippen LogP contribution >= 0.6 is 11.6 Å². The van der Waals surface area contributed by atoms with E-state index in [9.17, 15) is 4.79 Å². The highest BCUT2D eigenvalue weighted by atomic mass is 35.5. The third-order valence-electron chi connectivity index (χ3n) is 3.60. The lowest BCUT2D eigenvalue weighted by atomic mass is 10.2. The topological polar surface area (TPSA) is 71.3 Å². The predicted molar refractivity (Wildman–Crippen MR) is 96.5 cm³/mol. The van der Waals surface area contributed by atoms with E-state index in [0.29, 0.717) is 35.4 Å². The number of carbonyl (C=O) groups excluding carboxylic acids is 1. The van der Waals surface area contributed by atoms with E-state index in [0.717, 1.165) is 5.56 Å². The van der Waals surface area contributed by atoms with Gasteiger partial charge in [0, 0.05) is 36.3 Å². The van der Waals surface area contributed by atoms with Crippen LogP contribution in [0.1, 0.15) is 5.82 Å². The van der Waals surface area contributed by atoms with Crippen molar-refractivity contribution in [1.29, 1.82) is 0 Å². The molecule has 2 amide bonds. The number of likely N-dealkylation sites (N-methyl/N-ethyl adjacent to an activating group) is 1. The van der Waals surface area contributed by atoms with Crippen molar-refractivity contribution in [1.82, 2.24) is 15.0 Å². The lowest BCUT2D eigenvalue weighted by Gasteiger charge is -2.17. The normalized spacial score (nSPS) is 10.5. The van der Waals surface area contributed by atoms with Crippen molar-refractivity contribution in [2.24, 2.45) is 0 Å². The van der Waals surface area contributed by atoms with Crippen LogP contribution in [0.3, 0.4) is 0 Å². The molecule has 0 aliphatic carbocycles. The molecular formula is C18H17ClN4O2. The molecule has 128 valence electrons. The highest BCUT2D eigenvalue weighted by molar-refractivity contribution is 6.30. The second-order valence-corrected chi connectivity index (χ2v) is 5.93. The largest absolute Gasteiger partial charge is 0.334 e. The molecule has 1 N–H and O–H groups in total. The highest BCUT2D eigenvalue weighted by Gasteiger charge is 2.12. The second kappa shape index (κ2) is 7.81. The molecule has 3 aromatic rings. The number of anilines is 1. The minimum absolute atomic E-state index is 0.214. The van der Waals surface area contributed by atoms with Crippen molar-refractivity contribution in [2.75, 3.05) is 18.9 Å². The third kappa shape index (κ3) is 4.58. The molecule has 1 heterocycles. The Balaban J connectivity index is 1.53. The van der Waals surface area contributed by atoms with Gasteiger partial charge in [-0.15, -0.1) is 0 Å². The van der Waals surface area contributed by atoms with Crippen LogP contribution in [-0.4, -0.2) is 34.7 Å². The summed E-state index contributed by atoms with van der Waals surface area (Å²) in [6.07, 6.45) is 0.501. The summed E-state index contributed by atoms with van der Waals surface area (Å²) in [6, 6.07) is 16.3. The van der Waals surface area contributed by atoms with Gasteiger partial charge in [-0.25, -0.2) is 4.79 Å². The summed E-state index contributed by atoms with van der Waals surface area (Å²) in [7, 11) is 1.71. The first-order valence-corrected chi connectivity index (χ1v) is 8.15. The van der Waals surface area contributed by atoms with Crippen molar-refractivity contribution in [3.8, 4) is 11.5 Å². The van der Waals surface area contributed by atoms with Gasteiger partial charge in [-0.05, 0) is 36.4 Å². The Kier molecular flexibility index (Phi) is 5.30. The van der Waals surface area contributed by atoms with E-state index in [1.165, 1.54) is 0 Å². The molecule has 6 nitrogen and oxygen atoms in total. The number of benzene rings is 2. The number of hydrogen-bond acceptors (Lipinski definition) is 4. The zero-order chi connectivity index (χ0) is 17.6. The van der Waals surface area contributed by atoms with Gasteiger partial charge in [0.2, 0.25) is 0 Å². The van der Waals surface area contributed by atoms with Crippen molar-refractivity contribution < 1.29 is 9.32 Å². The Hall–Kier alpha value is -2.86. The van der Waals surface area contributed by atoms with Crippen LogP contribution in [0.2, 0.25) is 5.02 Å². The standard InChI is InChI=1S/C18H17ClN4O2/c1-23(18(24)20-15-9-7-14(19)8-10-15)12-11-16-21-17(25-22-16)13-5-3-2-4-6-13/h2-10H,11-12H2,1H3,(H,20,24). The quantitative estimate of drug-likeness (QED) is 0.747. The van der Waals surface area contributed by atoms with Gasteiger partial charge in [0.25, 0.3) is 5.89 Å². The Morgan fingerprint density at radius 1 is 1.16 bits per heavy atom. The van der Waals surface area contributed by atoms with Crippen LogP contribution < -0.4 is 5.32 Å². The zero-order valence-corrected chi connectivity index (χ0v) is 14.4. The fraction of sp³-hybridized carbons (Fsp3) is 0.167. The number of amides is 2. The molecule has 2 aromatic carbocycles. The van der Waals surface area contributed by atoms with E-state index in [1.54, 1.807) is 36.2 Å². The van der Waals surface area contributed by atoms with E-state index in [2.05, 4.69) is 15.5 Å². The molecule has 1 aromatic heterocycles. The molecule has 0 saturated carbocycles. The number of nitrogens with one attached hydrogen (secondary N) is 1. The Morgan fingerprint density at radius 2 is 1.88 bits per heavy atom. The summed E-state index contributed by atoms with van der Waals surface area (Å²) in [5.74, 6) is 1.04. The SMILES string of the molecule is CN(CCc1noc(-c2ccccc2)n1)C(=O)Nc1ccc(Cl)cc1. The molecule has 0 bridgehead atoms. The molecule has 7 heteroatoms. The van der Waals surface area contributed by atoms with E-state index in [1.807, 2.05) is 30.3 Å². The maximum Gasteiger partial charge on any atom is 0.321 e. The monoisotopic (exact) mass is 356 g/mol. The number of urea groups is 1. The van der Waals surface area contributed by atoms with E-state index >= 15 is 0 Å². The molecule has 3 rings (SSSR count). The van der Waals surface area contributed by atoms with Crippen LogP contribution in [0, 0.1) is 0 Å². The predicted octanol–water partition coefficient (Wildman–Crippen LogP) is 4.10. The van der Waals surface area contributed by atoms with E-state index in [-0.39, 0.29) is 6.03 Å². The molecular weight excluding hydrogens is 340 g/mol. The maximum absolute atomic E-state index is 12.2. The van der Waals surface area contributed by atoms with Crippen LogP contribution in [0.4, 0.5) is 10.5 Å². The van der Waals surface area contributed by atoms with Crippen LogP contribution in [0.25, 0.3) is 11.5 Å². The molecule has 25 heavy (non-hydrogen) atoms. The molecule has 0 saturated heterocycles. The second-order valence-electron chi connectivity index (χ2n) is 5.49. The average Bonchev–Trinajstić information content (AvgIpc) is 3.11. The summed E-state index contributed by atoms with van der Waals surface area (Å²) in [4.78, 5) is 18.1. The number of carbonyl (C=O) groups is 1. The maximum atomic E-state index is 12.2. The average molecular weight is 357 g/mol. The van der Waals surface area contributed by atoms with Crippen molar-refractivity contribution >= 4 is 23.3 Å². The summed E-state index contributed by atoms with van der Waals surface area (Å²) < 4.78 is 5.26. The molecule has 0 aliphatic rings. The Bertz CT molecular complexity index is 834. The molecule has 0 unspecified atom stereocenters. The minimum Gasteiger partial charge on any atom is -0.334 e. The first-order valence-electron chi connectivity index (χ1n) is 7.77. The number of halogens is 1. The van der Waals surface area contributed by atoms with E-state index in [4.69, 9.17) is 16.1 Å². The van der Waals surface area contributed by atoms with Gasteiger partial charge in [0.1, 0.15) is 0 Å². The fourth-order valence-electron chi connectivity index (χ4n) is 2.17. The summed E-state index contributed by atoms with van der Waals surface area (Å²) in [5.41, 5.74) is 1.56. The summed E-state index contributed by atoms with van der Waals surface area (Å²) >= 11 is 5.83. The number of aromatic nitrogens is 2. The van der Waals surface area contributed by atoms with Crippen molar-refractivity contribution in [2.45, 2.75) is 6.42 Å². The van der Waals surface area contributed by atoms with Gasteiger partial charge >= 0.3 is 6.03 Å². The lowest BCUT2D eigenvalue weighted by molar-refractivity contribution is 0.222. The van der Waals surface area contributed by atoms with Crippen molar-refractivity contribution in [3.05, 3.63) is 65.4 Å². The Morgan fingerprint density at radius 3 is 2.60 bits per heavy atom. The summed E-state index contributed by atoms with van der Waals surface area (Å²) in [5, 5.41) is 7.38. The molecule has 0 atom stereocenters.